The fourth-order valence-corrected chi connectivity index (χ4v) is 4.43. The number of aryl methyl sites for hydroxylation is 2. The minimum absolute atomic E-state index is 0.0687. The Kier molecular flexibility index (Phi) is 6.23. The van der Waals surface area contributed by atoms with Gasteiger partial charge in [0.05, 0.1) is 22.9 Å². The van der Waals surface area contributed by atoms with Crippen molar-refractivity contribution in [2.45, 2.75) is 27.0 Å². The summed E-state index contributed by atoms with van der Waals surface area (Å²) in [7, 11) is 0. The zero-order valence-electron chi connectivity index (χ0n) is 19.6. The van der Waals surface area contributed by atoms with E-state index in [9.17, 15) is 10.1 Å². The maximum atomic E-state index is 12.6. The Labute approximate surface area is 212 Å². The predicted octanol–water partition coefficient (Wildman–Crippen LogP) is 4.75. The molecule has 0 unspecified atom stereocenters. The molecule has 0 bridgehead atoms. The van der Waals surface area contributed by atoms with E-state index in [4.69, 9.17) is 21.3 Å². The Hall–Kier alpha value is -4.48. The SMILES string of the molecule is Cc1cc(Cl)c(COc2cccc3c(-n4cccn4)cc(C)nc23)c(Cn2cccc(C#N)c2=O)n1. The van der Waals surface area contributed by atoms with Gasteiger partial charge in [0, 0.05) is 40.9 Å². The average Bonchev–Trinajstić information content (AvgIpc) is 3.39. The van der Waals surface area contributed by atoms with Crippen LogP contribution in [0.3, 0.4) is 0 Å². The van der Waals surface area contributed by atoms with Gasteiger partial charge in [-0.05, 0) is 50.2 Å². The molecular formula is C27H21ClN6O2. The van der Waals surface area contributed by atoms with Crippen LogP contribution < -0.4 is 10.3 Å². The number of pyridine rings is 3. The maximum absolute atomic E-state index is 12.6. The molecule has 0 amide bonds. The molecule has 0 aliphatic rings. The monoisotopic (exact) mass is 496 g/mol. The average molecular weight is 497 g/mol. The van der Waals surface area contributed by atoms with Crippen LogP contribution in [0.1, 0.15) is 28.2 Å². The Bertz CT molecular complexity index is 1690. The summed E-state index contributed by atoms with van der Waals surface area (Å²) in [5.74, 6) is 0.593. The summed E-state index contributed by atoms with van der Waals surface area (Å²) >= 11 is 6.61. The number of nitrogens with zero attached hydrogens (tertiary/aromatic N) is 6. The number of fused-ring (bicyclic) bond motifs is 1. The van der Waals surface area contributed by atoms with E-state index in [1.165, 1.54) is 10.6 Å². The fraction of sp³-hybridized carbons (Fsp3) is 0.148. The maximum Gasteiger partial charge on any atom is 0.268 e. The first-order chi connectivity index (χ1) is 17.4. The molecule has 0 atom stereocenters. The standard InChI is InChI=1S/C27H21ClN6O2/c1-17-12-22(28)21(23(31-17)15-33-10-4-6-19(14-29)27(33)35)16-36-25-8-3-7-20-24(34-11-5-9-30-34)13-18(2)32-26(20)25/h3-13H,15-16H2,1-2H3. The quantitative estimate of drug-likeness (QED) is 0.336. The highest BCUT2D eigenvalue weighted by Crippen LogP contribution is 2.30. The van der Waals surface area contributed by atoms with Gasteiger partial charge in [-0.25, -0.2) is 9.67 Å². The number of rotatable bonds is 6. The van der Waals surface area contributed by atoms with Crippen molar-refractivity contribution >= 4 is 22.5 Å². The van der Waals surface area contributed by atoms with E-state index in [-0.39, 0.29) is 24.3 Å². The molecule has 4 heterocycles. The largest absolute Gasteiger partial charge is 0.486 e. The van der Waals surface area contributed by atoms with Crippen molar-refractivity contribution in [2.24, 2.45) is 0 Å². The molecule has 5 aromatic rings. The van der Waals surface area contributed by atoms with Gasteiger partial charge in [0.1, 0.15) is 29.5 Å². The molecule has 0 saturated carbocycles. The molecule has 0 radical (unpaired) electrons. The number of para-hydroxylation sites is 1. The zero-order valence-corrected chi connectivity index (χ0v) is 20.4. The minimum atomic E-state index is -0.383. The molecule has 0 aliphatic carbocycles. The number of hydrogen-bond donors (Lipinski definition) is 0. The first-order valence-electron chi connectivity index (χ1n) is 11.2. The second-order valence-corrected chi connectivity index (χ2v) is 8.72. The highest BCUT2D eigenvalue weighted by atomic mass is 35.5. The van der Waals surface area contributed by atoms with Crippen molar-refractivity contribution in [3.8, 4) is 17.5 Å². The topological polar surface area (TPSA) is 98.6 Å². The van der Waals surface area contributed by atoms with Gasteiger partial charge >= 0.3 is 0 Å². The van der Waals surface area contributed by atoms with Gasteiger partial charge in [-0.2, -0.15) is 10.4 Å². The molecule has 178 valence electrons. The van der Waals surface area contributed by atoms with Crippen LogP contribution in [0.2, 0.25) is 5.02 Å². The zero-order chi connectivity index (χ0) is 25.2. The minimum Gasteiger partial charge on any atom is -0.486 e. The van der Waals surface area contributed by atoms with Crippen molar-refractivity contribution in [3.63, 3.8) is 0 Å². The molecule has 0 fully saturated rings. The van der Waals surface area contributed by atoms with E-state index in [1.54, 1.807) is 29.2 Å². The second kappa shape index (κ2) is 9.64. The van der Waals surface area contributed by atoms with Gasteiger partial charge in [0.15, 0.2) is 0 Å². The van der Waals surface area contributed by atoms with Crippen LogP contribution in [0.15, 0.2) is 71.9 Å². The van der Waals surface area contributed by atoms with Crippen LogP contribution >= 0.6 is 11.6 Å². The lowest BCUT2D eigenvalue weighted by Crippen LogP contribution is -2.23. The van der Waals surface area contributed by atoms with Crippen molar-refractivity contribution in [2.75, 3.05) is 0 Å². The molecule has 1 aromatic carbocycles. The van der Waals surface area contributed by atoms with Gasteiger partial charge in [-0.1, -0.05) is 23.7 Å². The smallest absolute Gasteiger partial charge is 0.268 e. The summed E-state index contributed by atoms with van der Waals surface area (Å²) in [6, 6.07) is 16.4. The molecule has 8 nitrogen and oxygen atoms in total. The molecule has 36 heavy (non-hydrogen) atoms. The van der Waals surface area contributed by atoms with Crippen molar-refractivity contribution in [1.29, 1.82) is 5.26 Å². The van der Waals surface area contributed by atoms with Gasteiger partial charge in [0.2, 0.25) is 0 Å². The number of ether oxygens (including phenoxy) is 1. The number of nitriles is 1. The van der Waals surface area contributed by atoms with Gasteiger partial charge in [0.25, 0.3) is 5.56 Å². The predicted molar refractivity (Wildman–Crippen MR) is 136 cm³/mol. The van der Waals surface area contributed by atoms with E-state index in [2.05, 4.69) is 10.1 Å². The fourth-order valence-electron chi connectivity index (χ4n) is 4.11. The van der Waals surface area contributed by atoms with Gasteiger partial charge in [-0.3, -0.25) is 9.78 Å². The lowest BCUT2D eigenvalue weighted by atomic mass is 10.1. The number of hydrogen-bond acceptors (Lipinski definition) is 6. The third kappa shape index (κ3) is 4.44. The van der Waals surface area contributed by atoms with E-state index >= 15 is 0 Å². The Morgan fingerprint density at radius 3 is 2.67 bits per heavy atom. The summed E-state index contributed by atoms with van der Waals surface area (Å²) in [4.78, 5) is 22.0. The van der Waals surface area contributed by atoms with Gasteiger partial charge < -0.3 is 9.30 Å². The van der Waals surface area contributed by atoms with E-state index < -0.39 is 0 Å². The third-order valence-corrected chi connectivity index (χ3v) is 6.11. The molecule has 0 spiro atoms. The second-order valence-electron chi connectivity index (χ2n) is 8.31. The summed E-state index contributed by atoms with van der Waals surface area (Å²) in [6.45, 7) is 4.04. The summed E-state index contributed by atoms with van der Waals surface area (Å²) in [5, 5.41) is 15.0. The Morgan fingerprint density at radius 1 is 1.06 bits per heavy atom. The Morgan fingerprint density at radius 2 is 1.89 bits per heavy atom. The molecule has 5 rings (SSSR count). The van der Waals surface area contributed by atoms with Crippen LogP contribution in [0.4, 0.5) is 0 Å². The first kappa shape index (κ1) is 23.3. The van der Waals surface area contributed by atoms with E-state index in [1.807, 2.05) is 56.4 Å². The summed E-state index contributed by atoms with van der Waals surface area (Å²) in [5.41, 5.74) is 4.10. The molecule has 0 saturated heterocycles. The highest BCUT2D eigenvalue weighted by molar-refractivity contribution is 6.31. The molecule has 0 aliphatic heterocycles. The highest BCUT2D eigenvalue weighted by Gasteiger charge is 2.16. The first-order valence-corrected chi connectivity index (χ1v) is 11.6. The molecule has 9 heteroatoms. The van der Waals surface area contributed by atoms with Crippen LogP contribution in [-0.4, -0.2) is 24.3 Å². The molecule has 0 N–H and O–H groups in total. The molecule has 4 aromatic heterocycles. The van der Waals surface area contributed by atoms with Crippen molar-refractivity contribution in [3.05, 3.63) is 111 Å². The van der Waals surface area contributed by atoms with E-state index in [0.29, 0.717) is 27.5 Å². The summed E-state index contributed by atoms with van der Waals surface area (Å²) in [6.07, 6.45) is 5.24. The number of aromatic nitrogens is 5. The van der Waals surface area contributed by atoms with Crippen molar-refractivity contribution in [1.82, 2.24) is 24.3 Å². The van der Waals surface area contributed by atoms with Crippen LogP contribution in [0, 0.1) is 25.2 Å². The van der Waals surface area contributed by atoms with Crippen molar-refractivity contribution < 1.29 is 4.74 Å². The molecular weight excluding hydrogens is 476 g/mol. The third-order valence-electron chi connectivity index (χ3n) is 5.78. The number of halogens is 1. The number of benzene rings is 1. The van der Waals surface area contributed by atoms with Crippen LogP contribution in [0.5, 0.6) is 5.75 Å². The van der Waals surface area contributed by atoms with Crippen LogP contribution in [0.25, 0.3) is 16.6 Å². The van der Waals surface area contributed by atoms with Crippen LogP contribution in [-0.2, 0) is 13.2 Å². The van der Waals surface area contributed by atoms with Gasteiger partial charge in [-0.15, -0.1) is 0 Å². The normalized spacial score (nSPS) is 10.9. The van der Waals surface area contributed by atoms with E-state index in [0.717, 1.165) is 22.5 Å². The summed E-state index contributed by atoms with van der Waals surface area (Å²) < 4.78 is 9.49. The lowest BCUT2D eigenvalue weighted by molar-refractivity contribution is 0.307. The Balaban J connectivity index is 1.52. The lowest BCUT2D eigenvalue weighted by Gasteiger charge is -2.16.